The van der Waals surface area contributed by atoms with Crippen LogP contribution in [0.15, 0.2) is 53.2 Å². The van der Waals surface area contributed by atoms with Crippen LogP contribution in [0.25, 0.3) is 11.0 Å². The summed E-state index contributed by atoms with van der Waals surface area (Å²) < 4.78 is 5.77. The number of nitrogens with two attached hydrogens (primary N) is 1. The lowest BCUT2D eigenvalue weighted by Gasteiger charge is -2.07. The maximum absolute atomic E-state index is 6.20. The molecule has 1 unspecified atom stereocenters. The minimum absolute atomic E-state index is 0.124. The highest BCUT2D eigenvalue weighted by Gasteiger charge is 2.12. The monoisotopic (exact) mass is 286 g/mol. The maximum atomic E-state index is 6.20. The van der Waals surface area contributed by atoms with Gasteiger partial charge in [-0.2, -0.15) is 0 Å². The summed E-state index contributed by atoms with van der Waals surface area (Å²) in [7, 11) is 0. The van der Waals surface area contributed by atoms with Gasteiger partial charge >= 0.3 is 0 Å². The number of benzene rings is 1. The molecule has 1 atom stereocenters. The highest BCUT2D eigenvalue weighted by molar-refractivity contribution is 6.31. The molecule has 0 amide bonds. The number of hydrogen-bond acceptors (Lipinski definition) is 3. The van der Waals surface area contributed by atoms with Crippen molar-refractivity contribution in [2.75, 3.05) is 0 Å². The summed E-state index contributed by atoms with van der Waals surface area (Å²) in [6.07, 6.45) is 5.34. The molecule has 0 radical (unpaired) electrons. The zero-order chi connectivity index (χ0) is 13.9. The van der Waals surface area contributed by atoms with Crippen LogP contribution in [0.5, 0.6) is 0 Å². The number of hydrogen-bond donors (Lipinski definition) is 1. The van der Waals surface area contributed by atoms with E-state index < -0.39 is 0 Å². The lowest BCUT2D eigenvalue weighted by Crippen LogP contribution is -2.10. The highest BCUT2D eigenvalue weighted by atomic mass is 35.5. The van der Waals surface area contributed by atoms with Crippen LogP contribution in [0.4, 0.5) is 0 Å². The molecule has 1 aromatic carbocycles. The molecule has 0 fully saturated rings. The average molecular weight is 287 g/mol. The van der Waals surface area contributed by atoms with Crippen molar-refractivity contribution < 1.29 is 4.42 Å². The molecule has 0 saturated heterocycles. The molecule has 0 aliphatic rings. The third-order valence-corrected chi connectivity index (χ3v) is 3.56. The molecule has 0 spiro atoms. The Balaban J connectivity index is 1.73. The van der Waals surface area contributed by atoms with Crippen molar-refractivity contribution in [3.05, 3.63) is 65.1 Å². The number of aromatic nitrogens is 1. The van der Waals surface area contributed by atoms with Crippen molar-refractivity contribution >= 4 is 22.6 Å². The minimum Gasteiger partial charge on any atom is -0.459 e. The lowest BCUT2D eigenvalue weighted by molar-refractivity contribution is 0.478. The molecule has 3 nitrogen and oxygen atoms in total. The van der Waals surface area contributed by atoms with Gasteiger partial charge in [0.25, 0.3) is 0 Å². The summed E-state index contributed by atoms with van der Waals surface area (Å²) >= 11 is 5.97. The van der Waals surface area contributed by atoms with Crippen LogP contribution in [0.3, 0.4) is 0 Å². The van der Waals surface area contributed by atoms with Gasteiger partial charge in [-0.1, -0.05) is 17.7 Å². The van der Waals surface area contributed by atoms with Crippen LogP contribution in [0.1, 0.15) is 23.8 Å². The van der Waals surface area contributed by atoms with Gasteiger partial charge in [0.15, 0.2) is 0 Å². The normalized spacial score (nSPS) is 12.7. The number of halogens is 1. The fourth-order valence-corrected chi connectivity index (χ4v) is 2.41. The Morgan fingerprint density at radius 3 is 2.95 bits per heavy atom. The van der Waals surface area contributed by atoms with E-state index in [2.05, 4.69) is 11.1 Å². The van der Waals surface area contributed by atoms with Crippen LogP contribution in [-0.4, -0.2) is 4.98 Å². The number of furan rings is 1. The standard InChI is InChI=1S/C16H15ClN2O/c17-13-4-6-15-12(8-13)9-16(20-15)14(18)5-3-11-2-1-7-19-10-11/h1-2,4,6-10,14H,3,5,18H2. The topological polar surface area (TPSA) is 52.0 Å². The van der Waals surface area contributed by atoms with Crippen LogP contribution >= 0.6 is 11.6 Å². The van der Waals surface area contributed by atoms with E-state index in [4.69, 9.17) is 21.8 Å². The van der Waals surface area contributed by atoms with Crippen molar-refractivity contribution in [2.45, 2.75) is 18.9 Å². The Bertz CT molecular complexity index is 709. The van der Waals surface area contributed by atoms with Crippen molar-refractivity contribution in [3.63, 3.8) is 0 Å². The first-order valence-electron chi connectivity index (χ1n) is 6.56. The highest BCUT2D eigenvalue weighted by Crippen LogP contribution is 2.27. The summed E-state index contributed by atoms with van der Waals surface area (Å²) in [5, 5.41) is 1.69. The maximum Gasteiger partial charge on any atom is 0.134 e. The average Bonchev–Trinajstić information content (AvgIpc) is 2.89. The second-order valence-corrected chi connectivity index (χ2v) is 5.27. The first kappa shape index (κ1) is 13.2. The van der Waals surface area contributed by atoms with Crippen molar-refractivity contribution in [1.29, 1.82) is 0 Å². The zero-order valence-electron chi connectivity index (χ0n) is 10.9. The molecular weight excluding hydrogens is 272 g/mol. The van der Waals surface area contributed by atoms with Crippen molar-refractivity contribution in [1.82, 2.24) is 4.98 Å². The van der Waals surface area contributed by atoms with Gasteiger partial charge in [0.2, 0.25) is 0 Å². The third-order valence-electron chi connectivity index (χ3n) is 3.33. The molecule has 0 saturated carbocycles. The largest absolute Gasteiger partial charge is 0.459 e. The smallest absolute Gasteiger partial charge is 0.134 e. The van der Waals surface area contributed by atoms with Gasteiger partial charge in [-0.3, -0.25) is 4.98 Å². The van der Waals surface area contributed by atoms with E-state index in [0.717, 1.165) is 29.6 Å². The fraction of sp³-hybridized carbons (Fsp3) is 0.188. The summed E-state index contributed by atoms with van der Waals surface area (Å²) in [5.74, 6) is 0.797. The first-order chi connectivity index (χ1) is 9.72. The molecule has 2 aromatic heterocycles. The Labute approximate surface area is 122 Å². The predicted octanol–water partition coefficient (Wildman–Crippen LogP) is 4.11. The van der Waals surface area contributed by atoms with Gasteiger partial charge in [-0.25, -0.2) is 0 Å². The number of nitrogens with zero attached hydrogens (tertiary/aromatic N) is 1. The number of aryl methyl sites for hydroxylation is 1. The van der Waals surface area contributed by atoms with Gasteiger partial charge in [-0.05, 0) is 48.7 Å². The zero-order valence-corrected chi connectivity index (χ0v) is 11.7. The molecule has 102 valence electrons. The van der Waals surface area contributed by atoms with Gasteiger partial charge < -0.3 is 10.2 Å². The summed E-state index contributed by atoms with van der Waals surface area (Å²) in [6.45, 7) is 0. The Morgan fingerprint density at radius 1 is 1.25 bits per heavy atom. The molecule has 2 heterocycles. The van der Waals surface area contributed by atoms with E-state index in [1.165, 1.54) is 5.56 Å². The van der Waals surface area contributed by atoms with Crippen LogP contribution in [0, 0.1) is 0 Å². The molecule has 20 heavy (non-hydrogen) atoms. The number of pyridine rings is 1. The molecular formula is C16H15ClN2O. The van der Waals surface area contributed by atoms with Crippen molar-refractivity contribution in [3.8, 4) is 0 Å². The Morgan fingerprint density at radius 2 is 2.15 bits per heavy atom. The molecule has 0 aliphatic carbocycles. The van der Waals surface area contributed by atoms with E-state index in [9.17, 15) is 0 Å². The molecule has 3 rings (SSSR count). The Kier molecular flexibility index (Phi) is 3.72. The van der Waals surface area contributed by atoms with Crippen LogP contribution < -0.4 is 5.73 Å². The second kappa shape index (κ2) is 5.65. The van der Waals surface area contributed by atoms with E-state index in [1.807, 2.05) is 36.5 Å². The van der Waals surface area contributed by atoms with E-state index in [1.54, 1.807) is 6.20 Å². The van der Waals surface area contributed by atoms with Crippen molar-refractivity contribution in [2.24, 2.45) is 5.73 Å². The minimum atomic E-state index is -0.124. The summed E-state index contributed by atoms with van der Waals surface area (Å²) in [4.78, 5) is 4.10. The van der Waals surface area contributed by atoms with Gasteiger partial charge in [-0.15, -0.1) is 0 Å². The fourth-order valence-electron chi connectivity index (χ4n) is 2.23. The molecule has 0 aliphatic heterocycles. The molecule has 2 N–H and O–H groups in total. The van der Waals surface area contributed by atoms with Crippen LogP contribution in [0.2, 0.25) is 5.02 Å². The molecule has 3 aromatic rings. The van der Waals surface area contributed by atoms with Gasteiger partial charge in [0.1, 0.15) is 11.3 Å². The van der Waals surface area contributed by atoms with Crippen LogP contribution in [-0.2, 0) is 6.42 Å². The second-order valence-electron chi connectivity index (χ2n) is 4.84. The quantitative estimate of drug-likeness (QED) is 0.785. The Hall–Kier alpha value is -1.84. The first-order valence-corrected chi connectivity index (χ1v) is 6.93. The number of rotatable bonds is 4. The SMILES string of the molecule is NC(CCc1cccnc1)c1cc2cc(Cl)ccc2o1. The predicted molar refractivity (Wildman–Crippen MR) is 80.7 cm³/mol. The molecule has 4 heteroatoms. The summed E-state index contributed by atoms with van der Waals surface area (Å²) in [5.41, 5.74) is 8.20. The van der Waals surface area contributed by atoms with E-state index in [-0.39, 0.29) is 6.04 Å². The lowest BCUT2D eigenvalue weighted by atomic mass is 10.1. The molecule has 0 bridgehead atoms. The number of fused-ring (bicyclic) bond motifs is 1. The van der Waals surface area contributed by atoms with E-state index >= 15 is 0 Å². The van der Waals surface area contributed by atoms with Gasteiger partial charge in [0, 0.05) is 22.8 Å². The third kappa shape index (κ3) is 2.84. The summed E-state index contributed by atoms with van der Waals surface area (Å²) in [6, 6.07) is 11.4. The van der Waals surface area contributed by atoms with E-state index in [0.29, 0.717) is 5.02 Å². The van der Waals surface area contributed by atoms with Gasteiger partial charge in [0.05, 0.1) is 6.04 Å².